The van der Waals surface area contributed by atoms with E-state index in [4.69, 9.17) is 14.7 Å². The Labute approximate surface area is 169 Å². The number of carbonyl (C=O) groups excluding carboxylic acids is 1. The van der Waals surface area contributed by atoms with Gasteiger partial charge in [0.2, 0.25) is 5.91 Å². The number of aromatic nitrogens is 3. The summed E-state index contributed by atoms with van der Waals surface area (Å²) >= 11 is 0. The fourth-order valence-corrected chi connectivity index (χ4v) is 3.11. The Balaban J connectivity index is 1.49. The number of nitrogens with zero attached hydrogens (tertiary/aromatic N) is 4. The number of carbonyl (C=O) groups is 1. The first-order valence-corrected chi connectivity index (χ1v) is 9.31. The van der Waals surface area contributed by atoms with Crippen molar-refractivity contribution in [3.8, 4) is 17.6 Å². The van der Waals surface area contributed by atoms with Crippen LogP contribution in [0.15, 0.2) is 30.5 Å². The van der Waals surface area contributed by atoms with Crippen LogP contribution in [-0.4, -0.2) is 40.8 Å². The van der Waals surface area contributed by atoms with Crippen LogP contribution in [-0.2, 0) is 11.2 Å². The third-order valence-electron chi connectivity index (χ3n) is 4.68. The number of aryl methyl sites for hydroxylation is 2. The summed E-state index contributed by atoms with van der Waals surface area (Å²) in [5, 5.41) is 16.2. The Morgan fingerprint density at radius 2 is 1.97 bits per heavy atom. The van der Waals surface area contributed by atoms with Crippen LogP contribution in [0.2, 0.25) is 0 Å². The summed E-state index contributed by atoms with van der Waals surface area (Å²) in [6.45, 7) is 4.61. The maximum atomic E-state index is 12.2. The topological polar surface area (TPSA) is 102 Å². The molecule has 0 saturated heterocycles. The van der Waals surface area contributed by atoms with Gasteiger partial charge in [-0.2, -0.15) is 10.4 Å². The van der Waals surface area contributed by atoms with E-state index < -0.39 is 0 Å². The SMILES string of the molecule is COc1ccc(OCCNC(=O)CCc2c(C)nc3c(C#N)cnn3c2C)cc1. The predicted octanol–water partition coefficient (Wildman–Crippen LogP) is 2.35. The Morgan fingerprint density at radius 3 is 2.66 bits per heavy atom. The molecule has 3 aromatic rings. The summed E-state index contributed by atoms with van der Waals surface area (Å²) in [5.74, 6) is 1.44. The van der Waals surface area contributed by atoms with Gasteiger partial charge in [0.05, 0.1) is 19.9 Å². The Hall–Kier alpha value is -3.60. The molecule has 8 heteroatoms. The van der Waals surface area contributed by atoms with Gasteiger partial charge in [0.15, 0.2) is 5.65 Å². The molecule has 2 heterocycles. The summed E-state index contributed by atoms with van der Waals surface area (Å²) in [5.41, 5.74) is 3.66. The number of rotatable bonds is 8. The lowest BCUT2D eigenvalue weighted by Gasteiger charge is -2.11. The molecule has 0 spiro atoms. The normalized spacial score (nSPS) is 10.6. The summed E-state index contributed by atoms with van der Waals surface area (Å²) in [6, 6.07) is 9.38. The van der Waals surface area contributed by atoms with Crippen LogP contribution in [0.3, 0.4) is 0 Å². The standard InChI is InChI=1S/C21H23N5O3/c1-14-19(15(2)26-21(25-14)16(12-22)13-24-26)8-9-20(27)23-10-11-29-18-6-4-17(28-3)5-7-18/h4-7,13H,8-11H2,1-3H3,(H,23,27). The molecule has 29 heavy (non-hydrogen) atoms. The van der Waals surface area contributed by atoms with Crippen LogP contribution < -0.4 is 14.8 Å². The van der Waals surface area contributed by atoms with Crippen molar-refractivity contribution in [2.24, 2.45) is 0 Å². The van der Waals surface area contributed by atoms with Gasteiger partial charge in [0.1, 0.15) is 29.7 Å². The molecular formula is C21H23N5O3. The predicted molar refractivity (Wildman–Crippen MR) is 107 cm³/mol. The summed E-state index contributed by atoms with van der Waals surface area (Å²) in [4.78, 5) is 16.7. The molecule has 0 fully saturated rings. The molecule has 1 amide bonds. The molecule has 0 bridgehead atoms. The number of nitriles is 1. The van der Waals surface area contributed by atoms with E-state index in [1.54, 1.807) is 11.6 Å². The van der Waals surface area contributed by atoms with Crippen molar-refractivity contribution >= 4 is 11.6 Å². The number of ether oxygens (including phenoxy) is 2. The van der Waals surface area contributed by atoms with E-state index in [1.807, 2.05) is 38.1 Å². The van der Waals surface area contributed by atoms with Crippen molar-refractivity contribution in [2.45, 2.75) is 26.7 Å². The average Bonchev–Trinajstić information content (AvgIpc) is 3.14. The lowest BCUT2D eigenvalue weighted by molar-refractivity contribution is -0.121. The monoisotopic (exact) mass is 393 g/mol. The van der Waals surface area contributed by atoms with Gasteiger partial charge in [0.25, 0.3) is 0 Å². The summed E-state index contributed by atoms with van der Waals surface area (Å²) in [7, 11) is 1.61. The first-order valence-electron chi connectivity index (χ1n) is 9.31. The smallest absolute Gasteiger partial charge is 0.220 e. The summed E-state index contributed by atoms with van der Waals surface area (Å²) < 4.78 is 12.4. The first kappa shape index (κ1) is 20.1. The van der Waals surface area contributed by atoms with Gasteiger partial charge in [-0.25, -0.2) is 9.50 Å². The van der Waals surface area contributed by atoms with Gasteiger partial charge in [-0.3, -0.25) is 4.79 Å². The van der Waals surface area contributed by atoms with Gasteiger partial charge in [0, 0.05) is 17.8 Å². The minimum atomic E-state index is -0.0552. The molecule has 1 N–H and O–H groups in total. The molecule has 0 saturated carbocycles. The molecule has 0 aliphatic heterocycles. The van der Waals surface area contributed by atoms with Crippen molar-refractivity contribution < 1.29 is 14.3 Å². The number of fused-ring (bicyclic) bond motifs is 1. The van der Waals surface area contributed by atoms with E-state index in [0.29, 0.717) is 37.2 Å². The molecular weight excluding hydrogens is 370 g/mol. The molecule has 0 unspecified atom stereocenters. The van der Waals surface area contributed by atoms with Gasteiger partial charge in [-0.15, -0.1) is 0 Å². The van der Waals surface area contributed by atoms with Crippen LogP contribution in [0.1, 0.15) is 28.9 Å². The summed E-state index contributed by atoms with van der Waals surface area (Å²) in [6.07, 6.45) is 2.39. The fraction of sp³-hybridized carbons (Fsp3) is 0.333. The van der Waals surface area contributed by atoms with E-state index in [-0.39, 0.29) is 5.91 Å². The molecule has 2 aromatic heterocycles. The Bertz CT molecular complexity index is 1050. The molecule has 0 atom stereocenters. The zero-order valence-electron chi connectivity index (χ0n) is 16.7. The van der Waals surface area contributed by atoms with Crippen molar-refractivity contribution in [1.82, 2.24) is 19.9 Å². The van der Waals surface area contributed by atoms with Crippen LogP contribution in [0.5, 0.6) is 11.5 Å². The van der Waals surface area contributed by atoms with E-state index in [0.717, 1.165) is 28.5 Å². The Kier molecular flexibility index (Phi) is 6.29. The molecule has 1 aromatic carbocycles. The van der Waals surface area contributed by atoms with E-state index in [9.17, 15) is 4.79 Å². The zero-order chi connectivity index (χ0) is 20.8. The maximum Gasteiger partial charge on any atom is 0.220 e. The van der Waals surface area contributed by atoms with Crippen LogP contribution >= 0.6 is 0 Å². The van der Waals surface area contributed by atoms with Gasteiger partial charge in [-0.1, -0.05) is 0 Å². The number of hydrogen-bond acceptors (Lipinski definition) is 6. The highest BCUT2D eigenvalue weighted by Crippen LogP contribution is 2.18. The average molecular weight is 393 g/mol. The molecule has 3 rings (SSSR count). The molecule has 0 aliphatic carbocycles. The zero-order valence-corrected chi connectivity index (χ0v) is 16.7. The van der Waals surface area contributed by atoms with Gasteiger partial charge < -0.3 is 14.8 Å². The second-order valence-corrected chi connectivity index (χ2v) is 6.54. The number of benzene rings is 1. The lowest BCUT2D eigenvalue weighted by atomic mass is 10.1. The third kappa shape index (κ3) is 4.63. The van der Waals surface area contributed by atoms with Gasteiger partial charge in [-0.05, 0) is 50.1 Å². The van der Waals surface area contributed by atoms with Crippen molar-refractivity contribution in [3.63, 3.8) is 0 Å². The molecule has 150 valence electrons. The van der Waals surface area contributed by atoms with Crippen molar-refractivity contribution in [2.75, 3.05) is 20.3 Å². The van der Waals surface area contributed by atoms with E-state index in [1.165, 1.54) is 6.20 Å². The lowest BCUT2D eigenvalue weighted by Crippen LogP contribution is -2.28. The molecule has 8 nitrogen and oxygen atoms in total. The number of amides is 1. The number of methoxy groups -OCH3 is 1. The highest BCUT2D eigenvalue weighted by molar-refractivity contribution is 5.76. The number of hydrogen-bond donors (Lipinski definition) is 1. The third-order valence-corrected chi connectivity index (χ3v) is 4.68. The van der Waals surface area contributed by atoms with Gasteiger partial charge >= 0.3 is 0 Å². The fourth-order valence-electron chi connectivity index (χ4n) is 3.11. The Morgan fingerprint density at radius 1 is 1.24 bits per heavy atom. The van der Waals surface area contributed by atoms with Crippen LogP contribution in [0, 0.1) is 25.2 Å². The highest BCUT2D eigenvalue weighted by Gasteiger charge is 2.14. The van der Waals surface area contributed by atoms with E-state index in [2.05, 4.69) is 21.5 Å². The largest absolute Gasteiger partial charge is 0.497 e. The second-order valence-electron chi connectivity index (χ2n) is 6.54. The minimum absolute atomic E-state index is 0.0552. The second kappa shape index (κ2) is 9.06. The minimum Gasteiger partial charge on any atom is -0.497 e. The van der Waals surface area contributed by atoms with Crippen LogP contribution in [0.4, 0.5) is 0 Å². The highest BCUT2D eigenvalue weighted by atomic mass is 16.5. The molecule has 0 aliphatic rings. The molecule has 0 radical (unpaired) electrons. The van der Waals surface area contributed by atoms with E-state index >= 15 is 0 Å². The maximum absolute atomic E-state index is 12.2. The number of nitrogens with one attached hydrogen (secondary N) is 1. The van der Waals surface area contributed by atoms with Crippen molar-refractivity contribution in [1.29, 1.82) is 5.26 Å². The first-order chi connectivity index (χ1) is 14.0. The quantitative estimate of drug-likeness (QED) is 0.590. The van der Waals surface area contributed by atoms with Crippen molar-refractivity contribution in [3.05, 3.63) is 53.0 Å². The van der Waals surface area contributed by atoms with Crippen LogP contribution in [0.25, 0.3) is 5.65 Å².